The van der Waals surface area contributed by atoms with Crippen molar-refractivity contribution < 1.29 is 9.47 Å². The topological polar surface area (TPSA) is 18.5 Å². The Morgan fingerprint density at radius 1 is 1.20 bits per heavy atom. The maximum atomic E-state index is 5.69. The van der Waals surface area contributed by atoms with Gasteiger partial charge < -0.3 is 9.47 Å². The van der Waals surface area contributed by atoms with Crippen molar-refractivity contribution in [1.82, 2.24) is 0 Å². The molecule has 0 amide bonds. The lowest BCUT2D eigenvalue weighted by Gasteiger charge is -2.17. The van der Waals surface area contributed by atoms with E-state index in [0.717, 1.165) is 17.9 Å². The fourth-order valence-electron chi connectivity index (χ4n) is 1.80. The molecule has 0 unspecified atom stereocenters. The van der Waals surface area contributed by atoms with Gasteiger partial charge in [0, 0.05) is 0 Å². The fraction of sp³-hybridized carbons (Fsp3) is 0.455. The standard InChI is InChI=1S/C11H16B2O2/c1-2-3-4-8-5-6-9-10(7-8)15-11(12,13)14-9/h5-7H,2-4,12-13H2,1H3. The molecule has 0 radical (unpaired) electrons. The van der Waals surface area contributed by atoms with Crippen LogP contribution in [0.3, 0.4) is 0 Å². The Bertz CT molecular complexity index is 364. The average Bonchev–Trinajstić information content (AvgIpc) is 2.47. The second-order valence-corrected chi connectivity index (χ2v) is 4.49. The molecule has 4 heteroatoms. The Kier molecular flexibility index (Phi) is 2.68. The summed E-state index contributed by atoms with van der Waals surface area (Å²) in [6, 6.07) is 6.23. The normalized spacial score (nSPS) is 16.6. The van der Waals surface area contributed by atoms with E-state index in [0.29, 0.717) is 0 Å². The monoisotopic (exact) mass is 202 g/mol. The zero-order chi connectivity index (χ0) is 10.9. The molecule has 0 bridgehead atoms. The van der Waals surface area contributed by atoms with Crippen LogP contribution in [0.5, 0.6) is 11.5 Å². The van der Waals surface area contributed by atoms with Crippen molar-refractivity contribution >= 4 is 15.7 Å². The quantitative estimate of drug-likeness (QED) is 0.670. The van der Waals surface area contributed by atoms with Crippen LogP contribution in [0.25, 0.3) is 0 Å². The highest BCUT2D eigenvalue weighted by atomic mass is 16.7. The molecule has 1 aliphatic rings. The zero-order valence-electron chi connectivity index (χ0n) is 9.67. The van der Waals surface area contributed by atoms with E-state index >= 15 is 0 Å². The Balaban J connectivity index is 2.15. The molecule has 2 rings (SSSR count). The third kappa shape index (κ3) is 2.31. The van der Waals surface area contributed by atoms with Crippen LogP contribution in [0.1, 0.15) is 25.3 Å². The van der Waals surface area contributed by atoms with Gasteiger partial charge in [0.1, 0.15) is 0 Å². The molecule has 1 aromatic rings. The number of aryl methyl sites for hydroxylation is 1. The summed E-state index contributed by atoms with van der Waals surface area (Å²) in [4.78, 5) is 0. The number of rotatable bonds is 3. The number of hydrogen-bond donors (Lipinski definition) is 0. The predicted octanol–water partition coefficient (Wildman–Crippen LogP) is 0.678. The van der Waals surface area contributed by atoms with Crippen molar-refractivity contribution in [1.29, 1.82) is 0 Å². The minimum Gasteiger partial charge on any atom is -0.467 e. The van der Waals surface area contributed by atoms with Crippen molar-refractivity contribution in [3.05, 3.63) is 23.8 Å². The minimum atomic E-state index is -0.508. The first-order valence-electron chi connectivity index (χ1n) is 5.62. The first-order valence-corrected chi connectivity index (χ1v) is 5.62. The van der Waals surface area contributed by atoms with E-state index in [-0.39, 0.29) is 0 Å². The molecule has 78 valence electrons. The Morgan fingerprint density at radius 2 is 1.93 bits per heavy atom. The zero-order valence-corrected chi connectivity index (χ0v) is 9.67. The van der Waals surface area contributed by atoms with Crippen LogP contribution in [0, 0.1) is 0 Å². The molecule has 0 atom stereocenters. The van der Waals surface area contributed by atoms with Gasteiger partial charge in [-0.1, -0.05) is 19.4 Å². The van der Waals surface area contributed by atoms with Crippen LogP contribution in [-0.4, -0.2) is 21.3 Å². The molecule has 0 spiro atoms. The van der Waals surface area contributed by atoms with Crippen LogP contribution < -0.4 is 9.47 Å². The molecule has 0 aromatic heterocycles. The van der Waals surface area contributed by atoms with Gasteiger partial charge in [0.05, 0.1) is 0 Å². The molecule has 15 heavy (non-hydrogen) atoms. The van der Waals surface area contributed by atoms with E-state index in [2.05, 4.69) is 19.1 Å². The number of hydrogen-bond acceptors (Lipinski definition) is 2. The summed E-state index contributed by atoms with van der Waals surface area (Å²) in [6.07, 6.45) is 3.57. The SMILES string of the molecule is BC1(B)Oc2ccc(CCCC)cc2O1. The Hall–Kier alpha value is -1.05. The summed E-state index contributed by atoms with van der Waals surface area (Å²) in [7, 11) is 3.86. The highest BCUT2D eigenvalue weighted by Crippen LogP contribution is 2.37. The lowest BCUT2D eigenvalue weighted by atomic mass is 9.76. The molecule has 0 saturated carbocycles. The van der Waals surface area contributed by atoms with Gasteiger partial charge in [-0.3, -0.25) is 0 Å². The molecule has 0 N–H and O–H groups in total. The molecule has 1 aromatic carbocycles. The Morgan fingerprint density at radius 3 is 2.67 bits per heavy atom. The van der Waals surface area contributed by atoms with Gasteiger partial charge in [-0.05, 0) is 30.5 Å². The summed E-state index contributed by atoms with van der Waals surface area (Å²) in [5.41, 5.74) is 0.822. The van der Waals surface area contributed by atoms with Gasteiger partial charge in [-0.15, -0.1) is 0 Å². The van der Waals surface area contributed by atoms with Gasteiger partial charge in [-0.2, -0.15) is 0 Å². The number of fused-ring (bicyclic) bond motifs is 1. The van der Waals surface area contributed by atoms with E-state index in [1.165, 1.54) is 18.4 Å². The van der Waals surface area contributed by atoms with Gasteiger partial charge in [-0.25, -0.2) is 0 Å². The molecule has 2 nitrogen and oxygen atoms in total. The van der Waals surface area contributed by atoms with Crippen LogP contribution in [0.4, 0.5) is 0 Å². The predicted molar refractivity (Wildman–Crippen MR) is 66.1 cm³/mol. The summed E-state index contributed by atoms with van der Waals surface area (Å²) >= 11 is 0. The van der Waals surface area contributed by atoms with Gasteiger partial charge in [0.15, 0.2) is 32.8 Å². The number of ether oxygens (including phenoxy) is 2. The van der Waals surface area contributed by atoms with Crippen molar-refractivity contribution in [2.45, 2.75) is 31.8 Å². The number of benzene rings is 1. The van der Waals surface area contributed by atoms with E-state index in [4.69, 9.17) is 9.47 Å². The van der Waals surface area contributed by atoms with Crippen LogP contribution in [-0.2, 0) is 6.42 Å². The number of unbranched alkanes of at least 4 members (excludes halogenated alkanes) is 1. The van der Waals surface area contributed by atoms with Gasteiger partial charge >= 0.3 is 0 Å². The summed E-state index contributed by atoms with van der Waals surface area (Å²) in [6.45, 7) is 2.20. The molecule has 0 fully saturated rings. The van der Waals surface area contributed by atoms with Crippen molar-refractivity contribution in [3.8, 4) is 11.5 Å². The van der Waals surface area contributed by atoms with Crippen LogP contribution in [0.15, 0.2) is 18.2 Å². The summed E-state index contributed by atoms with van der Waals surface area (Å²) in [5.74, 6) is 1.74. The van der Waals surface area contributed by atoms with Gasteiger partial charge in [0.25, 0.3) is 0 Å². The lowest BCUT2D eigenvalue weighted by molar-refractivity contribution is 0.0833. The summed E-state index contributed by atoms with van der Waals surface area (Å²) < 4.78 is 11.3. The molecule has 0 saturated heterocycles. The van der Waals surface area contributed by atoms with Crippen molar-refractivity contribution in [2.75, 3.05) is 0 Å². The fourth-order valence-corrected chi connectivity index (χ4v) is 1.80. The largest absolute Gasteiger partial charge is 0.467 e. The van der Waals surface area contributed by atoms with E-state index in [1.807, 2.05) is 21.8 Å². The minimum absolute atomic E-state index is 0.508. The molecular formula is C11H16B2O2. The van der Waals surface area contributed by atoms with E-state index in [1.54, 1.807) is 0 Å². The van der Waals surface area contributed by atoms with Crippen molar-refractivity contribution in [3.63, 3.8) is 0 Å². The van der Waals surface area contributed by atoms with Crippen LogP contribution >= 0.6 is 0 Å². The maximum absolute atomic E-state index is 5.69. The van der Waals surface area contributed by atoms with E-state index < -0.39 is 5.59 Å². The molecule has 0 aliphatic carbocycles. The highest BCUT2D eigenvalue weighted by molar-refractivity contribution is 6.38. The van der Waals surface area contributed by atoms with Crippen molar-refractivity contribution in [2.24, 2.45) is 0 Å². The highest BCUT2D eigenvalue weighted by Gasteiger charge is 2.30. The first kappa shape index (κ1) is 10.5. The third-order valence-corrected chi connectivity index (χ3v) is 2.54. The van der Waals surface area contributed by atoms with Gasteiger partial charge in [0.2, 0.25) is 0 Å². The third-order valence-electron chi connectivity index (χ3n) is 2.54. The lowest BCUT2D eigenvalue weighted by Crippen LogP contribution is -2.39. The van der Waals surface area contributed by atoms with Crippen LogP contribution in [0.2, 0.25) is 0 Å². The smallest absolute Gasteiger partial charge is 0.197 e. The molecule has 1 aliphatic heterocycles. The Labute approximate surface area is 92.8 Å². The second kappa shape index (κ2) is 3.84. The summed E-state index contributed by atoms with van der Waals surface area (Å²) in [5, 5.41) is 0. The molecular weight excluding hydrogens is 186 g/mol. The average molecular weight is 202 g/mol. The maximum Gasteiger partial charge on any atom is 0.197 e. The van der Waals surface area contributed by atoms with E-state index in [9.17, 15) is 0 Å². The second-order valence-electron chi connectivity index (χ2n) is 4.49. The first-order chi connectivity index (χ1) is 7.11. The molecule has 1 heterocycles.